The van der Waals surface area contributed by atoms with Gasteiger partial charge >= 0.3 is 0 Å². The van der Waals surface area contributed by atoms with Gasteiger partial charge in [0.2, 0.25) is 0 Å². The molecule has 1 aliphatic heterocycles. The number of carbonyl (C=O) groups is 1. The molecule has 116 valence electrons. The van der Waals surface area contributed by atoms with Crippen LogP contribution in [0, 0.1) is 13.8 Å². The van der Waals surface area contributed by atoms with Gasteiger partial charge in [0.05, 0.1) is 0 Å². The number of rotatable bonds is 4. The number of amides is 1. The van der Waals surface area contributed by atoms with Crippen LogP contribution in [0.15, 0.2) is 12.1 Å². The van der Waals surface area contributed by atoms with Gasteiger partial charge in [0.1, 0.15) is 0 Å². The number of likely N-dealkylation sites (N-methyl/N-ethyl adjacent to an activating group) is 2. The molecule has 1 heterocycles. The summed E-state index contributed by atoms with van der Waals surface area (Å²) in [5, 5.41) is 0. The molecular weight excluding hydrogens is 262 g/mol. The molecule has 1 atom stereocenters. The monoisotopic (exact) mass is 289 g/mol. The van der Waals surface area contributed by atoms with E-state index in [0.717, 1.165) is 36.3 Å². The zero-order valence-corrected chi connectivity index (χ0v) is 13.6. The van der Waals surface area contributed by atoms with Crippen molar-refractivity contribution in [3.05, 3.63) is 28.8 Å². The summed E-state index contributed by atoms with van der Waals surface area (Å²) in [4.78, 5) is 17.0. The minimum atomic E-state index is 0.0714. The molecule has 2 N–H and O–H groups in total. The first-order valence-corrected chi connectivity index (χ1v) is 7.80. The second-order valence-electron chi connectivity index (χ2n) is 6.13. The molecular formula is C17H27N3O. The predicted molar refractivity (Wildman–Crippen MR) is 87.6 cm³/mol. The van der Waals surface area contributed by atoms with Crippen molar-refractivity contribution in [2.24, 2.45) is 0 Å². The van der Waals surface area contributed by atoms with Crippen LogP contribution in [0.1, 0.15) is 41.3 Å². The number of anilines is 1. The molecule has 1 saturated heterocycles. The standard InChI is InChI=1S/C17H27N3O/c1-5-20-8-6-7-14(20)11-19(4)17(21)15-10-16(18)13(3)9-12(15)2/h9-10,14H,5-8,11,18H2,1-4H3. The van der Waals surface area contributed by atoms with E-state index >= 15 is 0 Å². The fourth-order valence-electron chi connectivity index (χ4n) is 3.22. The Balaban J connectivity index is 2.11. The molecule has 1 aliphatic rings. The fourth-order valence-corrected chi connectivity index (χ4v) is 3.22. The molecule has 1 unspecified atom stereocenters. The van der Waals surface area contributed by atoms with Crippen molar-refractivity contribution < 1.29 is 4.79 Å². The Morgan fingerprint density at radius 2 is 2.10 bits per heavy atom. The molecule has 2 rings (SSSR count). The van der Waals surface area contributed by atoms with Crippen molar-refractivity contribution in [3.8, 4) is 0 Å². The average molecular weight is 289 g/mol. The zero-order valence-electron chi connectivity index (χ0n) is 13.6. The highest BCUT2D eigenvalue weighted by molar-refractivity contribution is 5.96. The van der Waals surface area contributed by atoms with Crippen molar-refractivity contribution in [2.45, 2.75) is 39.7 Å². The lowest BCUT2D eigenvalue weighted by molar-refractivity contribution is 0.0754. The van der Waals surface area contributed by atoms with Gasteiger partial charge < -0.3 is 10.6 Å². The summed E-state index contributed by atoms with van der Waals surface area (Å²) < 4.78 is 0. The van der Waals surface area contributed by atoms with E-state index in [1.54, 1.807) is 0 Å². The molecule has 1 aromatic rings. The highest BCUT2D eigenvalue weighted by atomic mass is 16.2. The molecule has 0 bridgehead atoms. The molecule has 0 spiro atoms. The summed E-state index contributed by atoms with van der Waals surface area (Å²) in [6, 6.07) is 4.30. The highest BCUT2D eigenvalue weighted by Gasteiger charge is 2.26. The molecule has 0 saturated carbocycles. The van der Waals surface area contributed by atoms with Gasteiger partial charge in [0.15, 0.2) is 0 Å². The summed E-state index contributed by atoms with van der Waals surface area (Å²) >= 11 is 0. The minimum Gasteiger partial charge on any atom is -0.398 e. The second kappa shape index (κ2) is 6.48. The lowest BCUT2D eigenvalue weighted by Gasteiger charge is -2.28. The highest BCUT2D eigenvalue weighted by Crippen LogP contribution is 2.21. The maximum absolute atomic E-state index is 12.7. The van der Waals surface area contributed by atoms with Crippen molar-refractivity contribution in [1.29, 1.82) is 0 Å². The molecule has 0 radical (unpaired) electrons. The van der Waals surface area contributed by atoms with Crippen molar-refractivity contribution in [3.63, 3.8) is 0 Å². The topological polar surface area (TPSA) is 49.6 Å². The summed E-state index contributed by atoms with van der Waals surface area (Å²) in [5.74, 6) is 0.0714. The third kappa shape index (κ3) is 3.38. The Kier molecular flexibility index (Phi) is 4.88. The van der Waals surface area contributed by atoms with Crippen LogP contribution in [0.25, 0.3) is 0 Å². The van der Waals surface area contributed by atoms with E-state index in [1.807, 2.05) is 37.9 Å². The number of benzene rings is 1. The molecule has 1 amide bonds. The summed E-state index contributed by atoms with van der Waals surface area (Å²) in [5.41, 5.74) is 9.39. The third-order valence-electron chi connectivity index (χ3n) is 4.58. The molecule has 0 aromatic heterocycles. The van der Waals surface area contributed by atoms with Crippen LogP contribution >= 0.6 is 0 Å². The van der Waals surface area contributed by atoms with Gasteiger partial charge in [0, 0.05) is 30.9 Å². The molecule has 4 nitrogen and oxygen atoms in total. The Morgan fingerprint density at radius 1 is 1.38 bits per heavy atom. The number of nitrogens with zero attached hydrogens (tertiary/aromatic N) is 2. The van der Waals surface area contributed by atoms with Crippen LogP contribution in [0.2, 0.25) is 0 Å². The molecule has 21 heavy (non-hydrogen) atoms. The number of hydrogen-bond acceptors (Lipinski definition) is 3. The molecule has 4 heteroatoms. The van der Waals surface area contributed by atoms with Crippen molar-refractivity contribution >= 4 is 11.6 Å². The van der Waals surface area contributed by atoms with Gasteiger partial charge in [-0.05, 0) is 57.0 Å². The predicted octanol–water partition coefficient (Wildman–Crippen LogP) is 2.44. The smallest absolute Gasteiger partial charge is 0.253 e. The third-order valence-corrected chi connectivity index (χ3v) is 4.58. The number of aryl methyl sites for hydroxylation is 2. The first-order chi connectivity index (χ1) is 9.93. The quantitative estimate of drug-likeness (QED) is 0.866. The Bertz CT molecular complexity index is 527. The number of nitrogen functional groups attached to an aromatic ring is 1. The van der Waals surface area contributed by atoms with Gasteiger partial charge in [-0.3, -0.25) is 9.69 Å². The maximum Gasteiger partial charge on any atom is 0.253 e. The van der Waals surface area contributed by atoms with Gasteiger partial charge in [-0.2, -0.15) is 0 Å². The van der Waals surface area contributed by atoms with E-state index in [2.05, 4.69) is 11.8 Å². The van der Waals surface area contributed by atoms with Crippen LogP contribution in [-0.2, 0) is 0 Å². The first kappa shape index (κ1) is 15.8. The largest absolute Gasteiger partial charge is 0.398 e. The van der Waals surface area contributed by atoms with Gasteiger partial charge in [0.25, 0.3) is 5.91 Å². The lowest BCUT2D eigenvalue weighted by Crippen LogP contribution is -2.41. The van der Waals surface area contributed by atoms with Crippen LogP contribution in [0.5, 0.6) is 0 Å². The normalized spacial score (nSPS) is 19.0. The van der Waals surface area contributed by atoms with Gasteiger partial charge in [-0.15, -0.1) is 0 Å². The SMILES string of the molecule is CCN1CCCC1CN(C)C(=O)c1cc(N)c(C)cc1C. The number of likely N-dealkylation sites (tertiary alicyclic amines) is 1. The van der Waals surface area contributed by atoms with Crippen LogP contribution in [-0.4, -0.2) is 48.4 Å². The minimum absolute atomic E-state index is 0.0714. The van der Waals surface area contributed by atoms with E-state index < -0.39 is 0 Å². The zero-order chi connectivity index (χ0) is 15.6. The average Bonchev–Trinajstić information content (AvgIpc) is 2.89. The van der Waals surface area contributed by atoms with Crippen LogP contribution < -0.4 is 5.73 Å². The van der Waals surface area contributed by atoms with E-state index in [-0.39, 0.29) is 5.91 Å². The number of nitrogens with two attached hydrogens (primary N) is 1. The van der Waals surface area contributed by atoms with Crippen molar-refractivity contribution in [1.82, 2.24) is 9.80 Å². The maximum atomic E-state index is 12.7. The molecule has 0 aliphatic carbocycles. The lowest BCUT2D eigenvalue weighted by atomic mass is 10.0. The fraction of sp³-hybridized carbons (Fsp3) is 0.588. The van der Waals surface area contributed by atoms with Crippen LogP contribution in [0.3, 0.4) is 0 Å². The summed E-state index contributed by atoms with van der Waals surface area (Å²) in [6.45, 7) is 9.13. The Hall–Kier alpha value is -1.55. The van der Waals surface area contributed by atoms with E-state index in [1.165, 1.54) is 12.8 Å². The van der Waals surface area contributed by atoms with Crippen LogP contribution in [0.4, 0.5) is 5.69 Å². The Labute approximate surface area is 127 Å². The molecule has 1 aromatic carbocycles. The van der Waals surface area contributed by atoms with Crippen molar-refractivity contribution in [2.75, 3.05) is 32.4 Å². The summed E-state index contributed by atoms with van der Waals surface area (Å²) in [6.07, 6.45) is 2.41. The van der Waals surface area contributed by atoms with E-state index in [4.69, 9.17) is 5.73 Å². The number of hydrogen-bond donors (Lipinski definition) is 1. The van der Waals surface area contributed by atoms with Gasteiger partial charge in [-0.25, -0.2) is 0 Å². The second-order valence-corrected chi connectivity index (χ2v) is 6.13. The van der Waals surface area contributed by atoms with Gasteiger partial charge in [-0.1, -0.05) is 13.0 Å². The molecule has 1 fully saturated rings. The number of carbonyl (C=O) groups excluding carboxylic acids is 1. The first-order valence-electron chi connectivity index (χ1n) is 7.80. The van der Waals surface area contributed by atoms with E-state index in [0.29, 0.717) is 11.7 Å². The summed E-state index contributed by atoms with van der Waals surface area (Å²) in [7, 11) is 1.89. The Morgan fingerprint density at radius 3 is 2.76 bits per heavy atom. The van der Waals surface area contributed by atoms with E-state index in [9.17, 15) is 4.79 Å².